The van der Waals surface area contributed by atoms with E-state index in [9.17, 15) is 9.18 Å². The summed E-state index contributed by atoms with van der Waals surface area (Å²) in [4.78, 5) is 19.1. The van der Waals surface area contributed by atoms with E-state index < -0.39 is 6.04 Å². The third-order valence-corrected chi connectivity index (χ3v) is 7.20. The molecule has 6 aromatic rings. The molecule has 3 aromatic heterocycles. The van der Waals surface area contributed by atoms with E-state index in [0.717, 1.165) is 38.9 Å². The number of aryl methyl sites for hydroxylation is 2. The molecule has 3 aromatic carbocycles. The number of rotatable bonds is 9. The second-order valence-corrected chi connectivity index (χ2v) is 10.3. The smallest absolute Gasteiger partial charge is 0.253 e. The molecular formula is C32H29FN6O2. The summed E-state index contributed by atoms with van der Waals surface area (Å²) in [6.07, 6.45) is 1.64. The van der Waals surface area contributed by atoms with Crippen molar-refractivity contribution in [3.63, 3.8) is 0 Å². The summed E-state index contributed by atoms with van der Waals surface area (Å²) in [6, 6.07) is 25.4. The van der Waals surface area contributed by atoms with Crippen molar-refractivity contribution in [3.05, 3.63) is 147 Å². The van der Waals surface area contributed by atoms with Gasteiger partial charge in [-0.25, -0.2) is 9.07 Å². The highest BCUT2D eigenvalue weighted by atomic mass is 19.1. The fourth-order valence-electron chi connectivity index (χ4n) is 5.35. The van der Waals surface area contributed by atoms with E-state index in [1.54, 1.807) is 23.1 Å². The minimum absolute atomic E-state index is 0.219. The van der Waals surface area contributed by atoms with Crippen LogP contribution in [0.25, 0.3) is 10.9 Å². The van der Waals surface area contributed by atoms with E-state index in [1.807, 2.05) is 62.4 Å². The molecule has 0 aliphatic carbocycles. The molecule has 0 aliphatic heterocycles. The van der Waals surface area contributed by atoms with Crippen molar-refractivity contribution in [2.45, 2.75) is 39.5 Å². The van der Waals surface area contributed by atoms with Crippen molar-refractivity contribution in [2.24, 2.45) is 0 Å². The number of fused-ring (bicyclic) bond motifs is 1. The van der Waals surface area contributed by atoms with Gasteiger partial charge in [-0.05, 0) is 82.7 Å². The van der Waals surface area contributed by atoms with Crippen LogP contribution >= 0.6 is 0 Å². The second kappa shape index (κ2) is 11.3. The van der Waals surface area contributed by atoms with Gasteiger partial charge in [0.25, 0.3) is 5.56 Å². The molecule has 41 heavy (non-hydrogen) atoms. The molecule has 0 bridgehead atoms. The number of benzene rings is 3. The number of nitrogens with zero attached hydrogens (tertiary/aromatic N) is 5. The predicted molar refractivity (Wildman–Crippen MR) is 154 cm³/mol. The quantitative estimate of drug-likeness (QED) is 0.249. The molecule has 206 valence electrons. The first kappa shape index (κ1) is 26.3. The molecule has 1 N–H and O–H groups in total. The van der Waals surface area contributed by atoms with E-state index in [0.29, 0.717) is 31.0 Å². The first-order chi connectivity index (χ1) is 19.9. The maximum Gasteiger partial charge on any atom is 0.253 e. The Balaban J connectivity index is 1.53. The SMILES string of the molecule is Cc1cc(C)c2[nH]c(=O)c([C@@H](c3nnnn3Cc3ccc(F)cc3)N(Cc3ccccc3)Cc3ccco3)cc2c1. The summed E-state index contributed by atoms with van der Waals surface area (Å²) < 4.78 is 21.0. The average Bonchev–Trinajstić information content (AvgIpc) is 3.64. The van der Waals surface area contributed by atoms with Crippen LogP contribution in [0.2, 0.25) is 0 Å². The number of pyridine rings is 1. The molecule has 0 unspecified atom stereocenters. The Hall–Kier alpha value is -4.89. The lowest BCUT2D eigenvalue weighted by Gasteiger charge is -2.30. The molecule has 6 rings (SSSR count). The van der Waals surface area contributed by atoms with Gasteiger partial charge >= 0.3 is 0 Å². The average molecular weight is 549 g/mol. The molecule has 0 saturated heterocycles. The zero-order chi connectivity index (χ0) is 28.3. The zero-order valence-electron chi connectivity index (χ0n) is 22.8. The van der Waals surface area contributed by atoms with E-state index >= 15 is 0 Å². The van der Waals surface area contributed by atoms with Crippen molar-refractivity contribution in [1.82, 2.24) is 30.1 Å². The molecule has 9 heteroatoms. The van der Waals surface area contributed by atoms with E-state index in [-0.39, 0.29) is 11.4 Å². The van der Waals surface area contributed by atoms with Gasteiger partial charge in [0.05, 0.1) is 24.9 Å². The van der Waals surface area contributed by atoms with Gasteiger partial charge < -0.3 is 9.40 Å². The maximum atomic E-state index is 13.8. The summed E-state index contributed by atoms with van der Waals surface area (Å²) in [6.45, 7) is 5.24. The van der Waals surface area contributed by atoms with E-state index in [1.165, 1.54) is 12.1 Å². The Bertz CT molecular complexity index is 1830. The van der Waals surface area contributed by atoms with Crippen molar-refractivity contribution in [1.29, 1.82) is 0 Å². The lowest BCUT2D eigenvalue weighted by atomic mass is 10.00. The van der Waals surface area contributed by atoms with Crippen molar-refractivity contribution in [3.8, 4) is 0 Å². The lowest BCUT2D eigenvalue weighted by Crippen LogP contribution is -2.35. The first-order valence-electron chi connectivity index (χ1n) is 13.4. The molecule has 0 fully saturated rings. The van der Waals surface area contributed by atoms with Crippen molar-refractivity contribution >= 4 is 10.9 Å². The Morgan fingerprint density at radius 1 is 0.951 bits per heavy atom. The molecule has 0 amide bonds. The summed E-state index contributed by atoms with van der Waals surface area (Å²) >= 11 is 0. The monoisotopic (exact) mass is 548 g/mol. The number of tetrazole rings is 1. The van der Waals surface area contributed by atoms with Crippen molar-refractivity contribution in [2.75, 3.05) is 0 Å². The van der Waals surface area contributed by atoms with Crippen LogP contribution < -0.4 is 5.56 Å². The minimum Gasteiger partial charge on any atom is -0.468 e. The van der Waals surface area contributed by atoms with E-state index in [2.05, 4.69) is 37.5 Å². The van der Waals surface area contributed by atoms with Gasteiger partial charge in [-0.1, -0.05) is 54.1 Å². The second-order valence-electron chi connectivity index (χ2n) is 10.3. The standard InChI is InChI=1S/C32H29FN6O2/c1-21-15-22(2)29-25(16-21)17-28(32(40)34-29)30(31-35-36-37-39(31)19-24-10-12-26(33)13-11-24)38(20-27-9-6-14-41-27)18-23-7-4-3-5-8-23/h3-17,30H,18-20H2,1-2H3,(H,34,40)/t30-/m0/s1. The summed E-state index contributed by atoms with van der Waals surface area (Å²) in [7, 11) is 0. The summed E-state index contributed by atoms with van der Waals surface area (Å²) in [5.74, 6) is 0.919. The van der Waals surface area contributed by atoms with Gasteiger partial charge in [0.15, 0.2) is 5.82 Å². The Morgan fingerprint density at radius 2 is 1.76 bits per heavy atom. The van der Waals surface area contributed by atoms with Crippen LogP contribution in [0.1, 0.15) is 45.4 Å². The van der Waals surface area contributed by atoms with Gasteiger partial charge in [0.2, 0.25) is 0 Å². The van der Waals surface area contributed by atoms with Crippen LogP contribution in [-0.2, 0) is 19.6 Å². The van der Waals surface area contributed by atoms with Crippen LogP contribution in [0.15, 0.2) is 100 Å². The summed E-state index contributed by atoms with van der Waals surface area (Å²) in [5, 5.41) is 13.7. The van der Waals surface area contributed by atoms with Crippen LogP contribution in [0.4, 0.5) is 4.39 Å². The van der Waals surface area contributed by atoms with Gasteiger partial charge in [0, 0.05) is 12.1 Å². The van der Waals surface area contributed by atoms with Crippen LogP contribution in [0, 0.1) is 19.7 Å². The number of hydrogen-bond acceptors (Lipinski definition) is 6. The Morgan fingerprint density at radius 3 is 2.51 bits per heavy atom. The molecule has 0 aliphatic rings. The van der Waals surface area contributed by atoms with Crippen LogP contribution in [-0.4, -0.2) is 30.1 Å². The molecule has 3 heterocycles. The van der Waals surface area contributed by atoms with Gasteiger partial charge in [0.1, 0.15) is 17.6 Å². The minimum atomic E-state index is -0.635. The predicted octanol–water partition coefficient (Wildman–Crippen LogP) is 5.70. The molecule has 8 nitrogen and oxygen atoms in total. The topological polar surface area (TPSA) is 92.8 Å². The van der Waals surface area contributed by atoms with Gasteiger partial charge in [-0.3, -0.25) is 9.69 Å². The normalized spacial score (nSPS) is 12.3. The number of aromatic amines is 1. The fraction of sp³-hybridized carbons (Fsp3) is 0.188. The molecule has 1 atom stereocenters. The third kappa shape index (κ3) is 5.71. The highest BCUT2D eigenvalue weighted by molar-refractivity contribution is 5.83. The highest BCUT2D eigenvalue weighted by Crippen LogP contribution is 2.31. The number of halogens is 1. The lowest BCUT2D eigenvalue weighted by molar-refractivity contribution is 0.179. The van der Waals surface area contributed by atoms with Crippen molar-refractivity contribution < 1.29 is 8.81 Å². The van der Waals surface area contributed by atoms with E-state index in [4.69, 9.17) is 4.42 Å². The molecular weight excluding hydrogens is 519 g/mol. The van der Waals surface area contributed by atoms with Gasteiger partial charge in [-0.2, -0.15) is 0 Å². The van der Waals surface area contributed by atoms with Crippen LogP contribution in [0.5, 0.6) is 0 Å². The highest BCUT2D eigenvalue weighted by Gasteiger charge is 2.31. The number of aromatic nitrogens is 5. The van der Waals surface area contributed by atoms with Crippen LogP contribution in [0.3, 0.4) is 0 Å². The Labute approximate surface area is 236 Å². The number of furan rings is 1. The summed E-state index contributed by atoms with van der Waals surface area (Å²) in [5.41, 5.74) is 5.09. The molecule has 0 saturated carbocycles. The Kier molecular flexibility index (Phi) is 7.26. The largest absolute Gasteiger partial charge is 0.468 e. The number of H-pyrrole nitrogens is 1. The third-order valence-electron chi connectivity index (χ3n) is 7.20. The maximum absolute atomic E-state index is 13.8. The molecule has 0 radical (unpaired) electrons. The zero-order valence-corrected chi connectivity index (χ0v) is 22.8. The fourth-order valence-corrected chi connectivity index (χ4v) is 5.35. The number of hydrogen-bond donors (Lipinski definition) is 1. The van der Waals surface area contributed by atoms with Gasteiger partial charge in [-0.15, -0.1) is 5.10 Å². The molecule has 0 spiro atoms. The number of nitrogens with one attached hydrogen (secondary N) is 1. The first-order valence-corrected chi connectivity index (χ1v) is 13.4.